The molecule has 0 aliphatic carbocycles. The lowest BCUT2D eigenvalue weighted by Gasteiger charge is -2.25. The van der Waals surface area contributed by atoms with E-state index in [4.69, 9.17) is 4.74 Å². The molecule has 0 spiro atoms. The number of nitrogens with zero attached hydrogens (tertiary/aromatic N) is 1. The molecule has 2 atom stereocenters. The SMILES string of the molecule is COc1ccc(N(C)C(=O)[C@H](Cc2ccccc2)NC(=O)NS(=O)(=O)N[C@H](C=O)Cc2ccccc2)cc1. The fraction of sp³-hybridized carbons (Fsp3) is 0.222. The molecule has 3 aromatic carbocycles. The van der Waals surface area contributed by atoms with Crippen molar-refractivity contribution in [3.05, 3.63) is 96.1 Å². The van der Waals surface area contributed by atoms with Crippen LogP contribution in [0.3, 0.4) is 0 Å². The average Bonchev–Trinajstić information content (AvgIpc) is 2.92. The fourth-order valence-corrected chi connectivity index (χ4v) is 4.64. The molecule has 3 aromatic rings. The predicted octanol–water partition coefficient (Wildman–Crippen LogP) is 2.21. The Morgan fingerprint density at radius 3 is 1.97 bits per heavy atom. The van der Waals surface area contributed by atoms with Crippen molar-refractivity contribution in [2.24, 2.45) is 0 Å². The second kappa shape index (κ2) is 13.4. The number of likely N-dealkylation sites (N-methyl/N-ethyl adjacent to an activating group) is 1. The van der Waals surface area contributed by atoms with Crippen LogP contribution >= 0.6 is 0 Å². The van der Waals surface area contributed by atoms with Gasteiger partial charge < -0.3 is 19.7 Å². The summed E-state index contributed by atoms with van der Waals surface area (Å²) < 4.78 is 34.3. The van der Waals surface area contributed by atoms with Gasteiger partial charge in [-0.2, -0.15) is 13.1 Å². The molecule has 3 N–H and O–H groups in total. The number of anilines is 1. The van der Waals surface area contributed by atoms with Gasteiger partial charge in [-0.25, -0.2) is 9.52 Å². The molecular weight excluding hydrogens is 508 g/mol. The highest BCUT2D eigenvalue weighted by Crippen LogP contribution is 2.19. The van der Waals surface area contributed by atoms with Crippen LogP contribution in [-0.2, 0) is 32.6 Å². The fourth-order valence-electron chi connectivity index (χ4n) is 3.74. The molecule has 0 saturated heterocycles. The predicted molar refractivity (Wildman–Crippen MR) is 144 cm³/mol. The van der Waals surface area contributed by atoms with E-state index in [0.717, 1.165) is 11.1 Å². The van der Waals surface area contributed by atoms with Gasteiger partial charge in [-0.05, 0) is 41.8 Å². The Morgan fingerprint density at radius 1 is 0.895 bits per heavy atom. The first-order valence-electron chi connectivity index (χ1n) is 11.8. The number of rotatable bonds is 12. The molecule has 0 aliphatic rings. The Balaban J connectivity index is 1.71. The quantitative estimate of drug-likeness (QED) is 0.303. The molecule has 0 aromatic heterocycles. The summed E-state index contributed by atoms with van der Waals surface area (Å²) in [6.07, 6.45) is 0.677. The Hall–Kier alpha value is -4.22. The first-order chi connectivity index (χ1) is 18.2. The number of hydrogen-bond acceptors (Lipinski definition) is 6. The van der Waals surface area contributed by atoms with Crippen molar-refractivity contribution >= 4 is 34.1 Å². The summed E-state index contributed by atoms with van der Waals surface area (Å²) in [5, 5.41) is 2.46. The van der Waals surface area contributed by atoms with Gasteiger partial charge in [0.2, 0.25) is 5.91 Å². The standard InChI is InChI=1S/C27H30N4O6S/c1-31(23-13-15-24(37-2)16-14-23)26(33)25(18-21-11-7-4-8-12-21)28-27(34)30-38(35,36)29-22(19-32)17-20-9-5-3-6-10-20/h3-16,19,22,25,29H,17-18H2,1-2H3,(H2,28,30,34)/t22-,25-/m0/s1. The smallest absolute Gasteiger partial charge is 0.330 e. The molecule has 0 fully saturated rings. The molecule has 3 amide bonds. The third-order valence-corrected chi connectivity index (χ3v) is 6.74. The van der Waals surface area contributed by atoms with E-state index in [0.29, 0.717) is 17.7 Å². The highest BCUT2D eigenvalue weighted by molar-refractivity contribution is 7.88. The average molecular weight is 539 g/mol. The molecule has 11 heteroatoms. The summed E-state index contributed by atoms with van der Waals surface area (Å²) in [6, 6.07) is 21.3. The highest BCUT2D eigenvalue weighted by Gasteiger charge is 2.27. The van der Waals surface area contributed by atoms with Crippen LogP contribution in [0, 0.1) is 0 Å². The van der Waals surface area contributed by atoms with Gasteiger partial charge in [0.15, 0.2) is 0 Å². The van der Waals surface area contributed by atoms with E-state index in [1.807, 2.05) is 10.8 Å². The molecule has 200 valence electrons. The molecule has 0 aliphatic heterocycles. The second-order valence-electron chi connectivity index (χ2n) is 8.47. The second-order valence-corrected chi connectivity index (χ2v) is 9.91. The van der Waals surface area contributed by atoms with Crippen LogP contribution in [0.5, 0.6) is 5.75 Å². The van der Waals surface area contributed by atoms with E-state index in [1.54, 1.807) is 85.9 Å². The van der Waals surface area contributed by atoms with Crippen molar-refractivity contribution < 1.29 is 27.5 Å². The number of carbonyl (C=O) groups is 3. The summed E-state index contributed by atoms with van der Waals surface area (Å²) >= 11 is 0. The molecule has 0 radical (unpaired) electrons. The lowest BCUT2D eigenvalue weighted by Crippen LogP contribution is -2.55. The van der Waals surface area contributed by atoms with Gasteiger partial charge in [0, 0.05) is 19.2 Å². The third kappa shape index (κ3) is 8.43. The Morgan fingerprint density at radius 2 is 1.45 bits per heavy atom. The monoisotopic (exact) mass is 538 g/mol. The van der Waals surface area contributed by atoms with E-state index in [9.17, 15) is 22.8 Å². The van der Waals surface area contributed by atoms with Crippen LogP contribution in [0.1, 0.15) is 11.1 Å². The van der Waals surface area contributed by atoms with Crippen LogP contribution in [0.2, 0.25) is 0 Å². The normalized spacial score (nSPS) is 12.6. The van der Waals surface area contributed by atoms with Crippen LogP contribution < -0.4 is 24.4 Å². The van der Waals surface area contributed by atoms with Crippen LogP contribution in [0.4, 0.5) is 10.5 Å². The van der Waals surface area contributed by atoms with Crippen LogP contribution in [0.25, 0.3) is 0 Å². The molecule has 0 bridgehead atoms. The molecule has 0 saturated carbocycles. The Bertz CT molecular complexity index is 1320. The molecule has 10 nitrogen and oxygen atoms in total. The van der Waals surface area contributed by atoms with Gasteiger partial charge in [0.05, 0.1) is 13.2 Å². The maximum absolute atomic E-state index is 13.4. The van der Waals surface area contributed by atoms with E-state index in [1.165, 1.54) is 12.0 Å². The lowest BCUT2D eigenvalue weighted by molar-refractivity contribution is -0.120. The first kappa shape index (κ1) is 28.4. The summed E-state index contributed by atoms with van der Waals surface area (Å²) in [7, 11) is -1.33. The van der Waals surface area contributed by atoms with Gasteiger partial charge in [0.1, 0.15) is 18.1 Å². The summed E-state index contributed by atoms with van der Waals surface area (Å²) in [4.78, 5) is 38.9. The molecule has 38 heavy (non-hydrogen) atoms. The van der Waals surface area contributed by atoms with Crippen molar-refractivity contribution in [2.45, 2.75) is 24.9 Å². The van der Waals surface area contributed by atoms with Crippen LogP contribution in [-0.4, -0.2) is 52.9 Å². The highest BCUT2D eigenvalue weighted by atomic mass is 32.2. The zero-order chi connectivity index (χ0) is 27.5. The van der Waals surface area contributed by atoms with E-state index in [2.05, 4.69) is 10.0 Å². The number of ether oxygens (including phenoxy) is 1. The minimum absolute atomic E-state index is 0.106. The number of benzene rings is 3. The topological polar surface area (TPSA) is 134 Å². The number of nitrogens with one attached hydrogen (secondary N) is 3. The number of amides is 3. The molecule has 3 rings (SSSR count). The van der Waals surface area contributed by atoms with Gasteiger partial charge in [0.25, 0.3) is 0 Å². The number of aldehydes is 1. The maximum atomic E-state index is 13.4. The first-order valence-corrected chi connectivity index (χ1v) is 13.2. The maximum Gasteiger partial charge on any atom is 0.330 e. The van der Waals surface area contributed by atoms with Crippen molar-refractivity contribution in [3.63, 3.8) is 0 Å². The van der Waals surface area contributed by atoms with E-state index >= 15 is 0 Å². The number of hydrogen-bond donors (Lipinski definition) is 3. The minimum atomic E-state index is -4.42. The van der Waals surface area contributed by atoms with Crippen molar-refractivity contribution in [1.29, 1.82) is 0 Å². The van der Waals surface area contributed by atoms with Gasteiger partial charge >= 0.3 is 16.2 Å². The van der Waals surface area contributed by atoms with Gasteiger partial charge in [-0.3, -0.25) is 4.79 Å². The van der Waals surface area contributed by atoms with Crippen LogP contribution in [0.15, 0.2) is 84.9 Å². The van der Waals surface area contributed by atoms with E-state index < -0.39 is 34.2 Å². The lowest BCUT2D eigenvalue weighted by atomic mass is 10.0. The molecule has 0 unspecified atom stereocenters. The zero-order valence-electron chi connectivity index (χ0n) is 21.0. The van der Waals surface area contributed by atoms with Crippen molar-refractivity contribution in [2.75, 3.05) is 19.1 Å². The van der Waals surface area contributed by atoms with Crippen molar-refractivity contribution in [3.8, 4) is 5.75 Å². The third-order valence-electron chi connectivity index (χ3n) is 5.67. The zero-order valence-corrected chi connectivity index (χ0v) is 21.9. The minimum Gasteiger partial charge on any atom is -0.497 e. The summed E-state index contributed by atoms with van der Waals surface area (Å²) in [5.74, 6) is 0.154. The summed E-state index contributed by atoms with van der Waals surface area (Å²) in [5.41, 5.74) is 2.06. The number of urea groups is 1. The summed E-state index contributed by atoms with van der Waals surface area (Å²) in [6.45, 7) is 0. The van der Waals surface area contributed by atoms with Gasteiger partial charge in [-0.15, -0.1) is 0 Å². The van der Waals surface area contributed by atoms with Crippen molar-refractivity contribution in [1.82, 2.24) is 14.8 Å². The van der Waals surface area contributed by atoms with Gasteiger partial charge in [-0.1, -0.05) is 60.7 Å². The largest absolute Gasteiger partial charge is 0.497 e. The Kier molecular flexibility index (Phi) is 9.97. The van der Waals surface area contributed by atoms with E-state index in [-0.39, 0.29) is 12.8 Å². The molecule has 0 heterocycles. The Labute approximate surface area is 222 Å². The molecular formula is C27H30N4O6S. The number of carbonyl (C=O) groups excluding carboxylic acids is 3. The number of methoxy groups -OCH3 is 1.